The maximum absolute atomic E-state index is 6.14. The molecule has 3 nitrogen and oxygen atoms in total. The van der Waals surface area contributed by atoms with E-state index in [1.807, 2.05) is 36.4 Å². The summed E-state index contributed by atoms with van der Waals surface area (Å²) in [6.45, 7) is 2.81. The first-order valence-corrected chi connectivity index (χ1v) is 8.32. The first-order chi connectivity index (χ1) is 11.3. The highest BCUT2D eigenvalue weighted by Gasteiger charge is 2.38. The summed E-state index contributed by atoms with van der Waals surface area (Å²) in [5.41, 5.74) is 8.56. The number of nitrogens with two attached hydrogens (primary N) is 1. The van der Waals surface area contributed by atoms with Crippen LogP contribution < -0.4 is 5.73 Å². The summed E-state index contributed by atoms with van der Waals surface area (Å²) in [5, 5.41) is 0. The molecule has 23 heavy (non-hydrogen) atoms. The van der Waals surface area contributed by atoms with Gasteiger partial charge in [-0.1, -0.05) is 60.7 Å². The fraction of sp³-hybridized carbons (Fsp3) is 0.400. The summed E-state index contributed by atoms with van der Waals surface area (Å²) in [6.07, 6.45) is 1.04. The summed E-state index contributed by atoms with van der Waals surface area (Å²) in [5.74, 6) is 0.930. The van der Waals surface area contributed by atoms with E-state index in [0.717, 1.165) is 19.6 Å². The molecular weight excluding hydrogens is 286 g/mol. The molecule has 0 aromatic heterocycles. The first kappa shape index (κ1) is 16.2. The topological polar surface area (TPSA) is 44.5 Å². The molecule has 122 valence electrons. The van der Waals surface area contributed by atoms with Crippen LogP contribution in [0, 0.1) is 11.8 Å². The van der Waals surface area contributed by atoms with E-state index in [9.17, 15) is 0 Å². The molecule has 1 aliphatic carbocycles. The van der Waals surface area contributed by atoms with E-state index < -0.39 is 0 Å². The Hall–Kier alpha value is -1.68. The number of ether oxygens (including phenoxy) is 2. The van der Waals surface area contributed by atoms with Gasteiger partial charge in [0.05, 0.1) is 26.4 Å². The lowest BCUT2D eigenvalue weighted by molar-refractivity contribution is -0.0361. The molecule has 0 spiro atoms. The molecule has 2 N–H and O–H groups in total. The van der Waals surface area contributed by atoms with Gasteiger partial charge in [0.25, 0.3) is 0 Å². The zero-order valence-electron chi connectivity index (χ0n) is 13.4. The third kappa shape index (κ3) is 4.64. The van der Waals surface area contributed by atoms with Crippen LogP contribution in [0.1, 0.15) is 17.5 Å². The van der Waals surface area contributed by atoms with Crippen LogP contribution in [0.2, 0.25) is 0 Å². The van der Waals surface area contributed by atoms with Crippen LogP contribution in [-0.2, 0) is 22.7 Å². The predicted octanol–water partition coefficient (Wildman–Crippen LogP) is 3.38. The average molecular weight is 311 g/mol. The molecule has 0 unspecified atom stereocenters. The Balaban J connectivity index is 1.37. The maximum atomic E-state index is 6.14. The maximum Gasteiger partial charge on any atom is 0.0717 e. The Morgan fingerprint density at radius 3 is 1.83 bits per heavy atom. The number of rotatable bonds is 8. The lowest BCUT2D eigenvalue weighted by Gasteiger charge is -2.42. The van der Waals surface area contributed by atoms with E-state index in [4.69, 9.17) is 15.2 Å². The largest absolute Gasteiger partial charge is 0.376 e. The van der Waals surface area contributed by atoms with E-state index in [-0.39, 0.29) is 6.04 Å². The van der Waals surface area contributed by atoms with Gasteiger partial charge in [0.15, 0.2) is 0 Å². The highest BCUT2D eigenvalue weighted by atomic mass is 16.5. The second-order valence-corrected chi connectivity index (χ2v) is 6.32. The molecule has 0 aliphatic heterocycles. The molecule has 2 aromatic rings. The molecule has 0 radical (unpaired) electrons. The van der Waals surface area contributed by atoms with Gasteiger partial charge in [-0.3, -0.25) is 0 Å². The third-order valence-corrected chi connectivity index (χ3v) is 4.60. The third-order valence-electron chi connectivity index (χ3n) is 4.60. The number of hydrogen-bond acceptors (Lipinski definition) is 3. The Kier molecular flexibility index (Phi) is 5.81. The van der Waals surface area contributed by atoms with Crippen molar-refractivity contribution in [3.63, 3.8) is 0 Å². The average Bonchev–Trinajstić information content (AvgIpc) is 2.60. The van der Waals surface area contributed by atoms with Crippen LogP contribution in [0.4, 0.5) is 0 Å². The first-order valence-electron chi connectivity index (χ1n) is 8.32. The monoisotopic (exact) mass is 311 g/mol. The number of benzene rings is 2. The summed E-state index contributed by atoms with van der Waals surface area (Å²) in [4.78, 5) is 0. The van der Waals surface area contributed by atoms with Crippen molar-refractivity contribution in [3.05, 3.63) is 71.8 Å². The van der Waals surface area contributed by atoms with Crippen molar-refractivity contribution in [1.82, 2.24) is 0 Å². The van der Waals surface area contributed by atoms with Crippen molar-refractivity contribution in [2.24, 2.45) is 17.6 Å². The second-order valence-electron chi connectivity index (χ2n) is 6.32. The SMILES string of the molecule is N[C@@H]1C[C@@H](COCc2ccccc2)[C@@H]1COCc1ccccc1. The molecule has 3 rings (SSSR count). The van der Waals surface area contributed by atoms with E-state index in [1.54, 1.807) is 0 Å². The van der Waals surface area contributed by atoms with Gasteiger partial charge < -0.3 is 15.2 Å². The van der Waals surface area contributed by atoms with Crippen molar-refractivity contribution in [1.29, 1.82) is 0 Å². The van der Waals surface area contributed by atoms with Gasteiger partial charge in [-0.2, -0.15) is 0 Å². The summed E-state index contributed by atoms with van der Waals surface area (Å²) in [6, 6.07) is 20.8. The Morgan fingerprint density at radius 1 is 0.783 bits per heavy atom. The van der Waals surface area contributed by atoms with Crippen molar-refractivity contribution in [2.45, 2.75) is 25.7 Å². The van der Waals surface area contributed by atoms with Gasteiger partial charge >= 0.3 is 0 Å². The van der Waals surface area contributed by atoms with Crippen LogP contribution in [0.3, 0.4) is 0 Å². The standard InChI is InChI=1S/C20H25NO2/c21-20-11-18(14-22-12-16-7-3-1-4-8-16)19(20)15-23-13-17-9-5-2-6-10-17/h1-10,18-20H,11-15,21H2/t18-,19-,20+/m0/s1. The minimum Gasteiger partial charge on any atom is -0.376 e. The van der Waals surface area contributed by atoms with Crippen molar-refractivity contribution in [2.75, 3.05) is 13.2 Å². The van der Waals surface area contributed by atoms with Crippen molar-refractivity contribution in [3.8, 4) is 0 Å². The van der Waals surface area contributed by atoms with E-state index in [2.05, 4.69) is 24.3 Å². The molecule has 0 heterocycles. The lowest BCUT2D eigenvalue weighted by Crippen LogP contribution is -2.51. The summed E-state index contributed by atoms with van der Waals surface area (Å²) < 4.78 is 11.7. The van der Waals surface area contributed by atoms with Gasteiger partial charge in [-0.05, 0) is 23.5 Å². The minimum absolute atomic E-state index is 0.246. The lowest BCUT2D eigenvalue weighted by atomic mass is 9.70. The second kappa shape index (κ2) is 8.25. The highest BCUT2D eigenvalue weighted by Crippen LogP contribution is 2.34. The zero-order valence-corrected chi connectivity index (χ0v) is 13.4. The molecule has 1 fully saturated rings. The molecule has 1 saturated carbocycles. The molecule has 0 amide bonds. The van der Waals surface area contributed by atoms with Gasteiger partial charge in [0, 0.05) is 12.0 Å². The van der Waals surface area contributed by atoms with Crippen LogP contribution in [0.5, 0.6) is 0 Å². The molecule has 0 bridgehead atoms. The van der Waals surface area contributed by atoms with Gasteiger partial charge in [-0.25, -0.2) is 0 Å². The van der Waals surface area contributed by atoms with E-state index >= 15 is 0 Å². The highest BCUT2D eigenvalue weighted by molar-refractivity contribution is 5.14. The summed E-state index contributed by atoms with van der Waals surface area (Å²) in [7, 11) is 0. The fourth-order valence-electron chi connectivity index (χ4n) is 3.09. The van der Waals surface area contributed by atoms with Crippen molar-refractivity contribution >= 4 is 0 Å². The smallest absolute Gasteiger partial charge is 0.0717 e. The van der Waals surface area contributed by atoms with Gasteiger partial charge in [-0.15, -0.1) is 0 Å². The molecular formula is C20H25NO2. The predicted molar refractivity (Wildman–Crippen MR) is 91.8 cm³/mol. The van der Waals surface area contributed by atoms with E-state index in [1.165, 1.54) is 11.1 Å². The Bertz CT molecular complexity index is 573. The minimum atomic E-state index is 0.246. The van der Waals surface area contributed by atoms with Gasteiger partial charge in [0.2, 0.25) is 0 Å². The van der Waals surface area contributed by atoms with Crippen LogP contribution in [-0.4, -0.2) is 19.3 Å². The fourth-order valence-corrected chi connectivity index (χ4v) is 3.09. The van der Waals surface area contributed by atoms with E-state index in [0.29, 0.717) is 25.0 Å². The molecule has 3 atom stereocenters. The van der Waals surface area contributed by atoms with Crippen LogP contribution >= 0.6 is 0 Å². The van der Waals surface area contributed by atoms with Crippen LogP contribution in [0.15, 0.2) is 60.7 Å². The van der Waals surface area contributed by atoms with Gasteiger partial charge in [0.1, 0.15) is 0 Å². The summed E-state index contributed by atoms with van der Waals surface area (Å²) >= 11 is 0. The molecule has 2 aromatic carbocycles. The van der Waals surface area contributed by atoms with Crippen LogP contribution in [0.25, 0.3) is 0 Å². The molecule has 3 heteroatoms. The molecule has 0 saturated heterocycles. The number of hydrogen-bond donors (Lipinski definition) is 1. The van der Waals surface area contributed by atoms with Crippen molar-refractivity contribution < 1.29 is 9.47 Å². The Morgan fingerprint density at radius 2 is 1.30 bits per heavy atom. The zero-order chi connectivity index (χ0) is 15.9. The normalized spacial score (nSPS) is 23.4. The molecule has 1 aliphatic rings. The Labute approximate surface area is 138 Å². The quantitative estimate of drug-likeness (QED) is 0.813.